The van der Waals surface area contributed by atoms with Crippen molar-refractivity contribution in [2.75, 3.05) is 23.7 Å². The molecule has 0 aliphatic heterocycles. The van der Waals surface area contributed by atoms with Crippen molar-refractivity contribution in [3.05, 3.63) is 64.9 Å². The first kappa shape index (κ1) is 27.6. The third kappa shape index (κ3) is 7.43. The number of sulfonamides is 1. The minimum Gasteiger partial charge on any atom is -0.354 e. The summed E-state index contributed by atoms with van der Waals surface area (Å²) < 4.78 is 40.1. The lowest BCUT2D eigenvalue weighted by molar-refractivity contribution is -0.140. The van der Waals surface area contributed by atoms with E-state index in [0.717, 1.165) is 12.3 Å². The van der Waals surface area contributed by atoms with Gasteiger partial charge in [-0.3, -0.25) is 13.9 Å². The van der Waals surface area contributed by atoms with Gasteiger partial charge in [0.25, 0.3) is 0 Å². The average Bonchev–Trinajstić information content (AvgIpc) is 2.76. The van der Waals surface area contributed by atoms with E-state index in [1.54, 1.807) is 31.2 Å². The average molecular weight is 512 g/mol. The van der Waals surface area contributed by atoms with E-state index in [-0.39, 0.29) is 24.1 Å². The van der Waals surface area contributed by atoms with E-state index in [9.17, 15) is 22.4 Å². The van der Waals surface area contributed by atoms with E-state index in [4.69, 9.17) is 11.6 Å². The molecule has 1 N–H and O–H groups in total. The molecular formula is C24H31ClFN3O4S. The Labute approximate surface area is 205 Å². The summed E-state index contributed by atoms with van der Waals surface area (Å²) in [5.41, 5.74) is 0.359. The first-order chi connectivity index (χ1) is 16.0. The van der Waals surface area contributed by atoms with Gasteiger partial charge < -0.3 is 10.2 Å². The monoisotopic (exact) mass is 511 g/mol. The van der Waals surface area contributed by atoms with E-state index < -0.39 is 34.3 Å². The molecule has 0 bridgehead atoms. The Morgan fingerprint density at radius 1 is 1.09 bits per heavy atom. The second-order valence-electron chi connectivity index (χ2n) is 8.40. The molecule has 0 aromatic heterocycles. The highest BCUT2D eigenvalue weighted by Gasteiger charge is 2.32. The standard InChI is InChI=1S/C24H31ClFN3O4S/c1-5-21(24(31)27-14-17(2)3)28(15-18-10-6-7-11-19(18)25)23(30)16-29(34(4,32)33)22-13-9-8-12-20(22)26/h6-13,17,21H,5,14-16H2,1-4H3,(H,27,31)/t21-/m0/s1. The number of benzene rings is 2. The minimum atomic E-state index is -4.00. The number of hydrogen-bond acceptors (Lipinski definition) is 4. The van der Waals surface area contributed by atoms with Gasteiger partial charge >= 0.3 is 0 Å². The maximum atomic E-state index is 14.4. The molecule has 0 heterocycles. The predicted molar refractivity (Wildman–Crippen MR) is 133 cm³/mol. The van der Waals surface area contributed by atoms with E-state index in [0.29, 0.717) is 27.9 Å². The molecule has 7 nitrogen and oxygen atoms in total. The third-order valence-corrected chi connectivity index (χ3v) is 6.66. The fraction of sp³-hybridized carbons (Fsp3) is 0.417. The summed E-state index contributed by atoms with van der Waals surface area (Å²) in [7, 11) is -4.00. The number of rotatable bonds is 11. The summed E-state index contributed by atoms with van der Waals surface area (Å²) in [5.74, 6) is -1.58. The fourth-order valence-corrected chi connectivity index (χ4v) is 4.45. The first-order valence-electron chi connectivity index (χ1n) is 11.0. The normalized spacial score (nSPS) is 12.3. The molecule has 2 rings (SSSR count). The molecule has 186 valence electrons. The van der Waals surface area contributed by atoms with Crippen LogP contribution in [0.2, 0.25) is 5.02 Å². The Morgan fingerprint density at radius 3 is 2.26 bits per heavy atom. The van der Waals surface area contributed by atoms with Crippen LogP contribution in [0.15, 0.2) is 48.5 Å². The number of halogens is 2. The summed E-state index contributed by atoms with van der Waals surface area (Å²) in [6.45, 7) is 5.41. The van der Waals surface area contributed by atoms with Crippen LogP contribution in [0, 0.1) is 11.7 Å². The summed E-state index contributed by atoms with van der Waals surface area (Å²) in [4.78, 5) is 27.8. The maximum absolute atomic E-state index is 14.4. The number of nitrogens with one attached hydrogen (secondary N) is 1. The van der Waals surface area contributed by atoms with Crippen LogP contribution in [0.4, 0.5) is 10.1 Å². The Morgan fingerprint density at radius 2 is 1.71 bits per heavy atom. The molecule has 0 aliphatic carbocycles. The van der Waals surface area contributed by atoms with Gasteiger partial charge in [0.15, 0.2) is 0 Å². The Balaban J connectivity index is 2.45. The molecular weight excluding hydrogens is 481 g/mol. The minimum absolute atomic E-state index is 0.0129. The topological polar surface area (TPSA) is 86.8 Å². The van der Waals surface area contributed by atoms with Gasteiger partial charge in [-0.2, -0.15) is 0 Å². The van der Waals surface area contributed by atoms with Crippen molar-refractivity contribution in [3.8, 4) is 0 Å². The number of carbonyl (C=O) groups excluding carboxylic acids is 2. The molecule has 0 spiro atoms. The quantitative estimate of drug-likeness (QED) is 0.497. The largest absolute Gasteiger partial charge is 0.354 e. The fourth-order valence-electron chi connectivity index (χ4n) is 3.40. The second kappa shape index (κ2) is 12.2. The van der Waals surface area contributed by atoms with E-state index in [2.05, 4.69) is 5.32 Å². The predicted octanol–water partition coefficient (Wildman–Crippen LogP) is 3.82. The molecule has 1 atom stereocenters. The van der Waals surface area contributed by atoms with Gasteiger partial charge in [-0.15, -0.1) is 0 Å². The highest BCUT2D eigenvalue weighted by atomic mass is 35.5. The SMILES string of the molecule is CC[C@@H](C(=O)NCC(C)C)N(Cc1ccccc1Cl)C(=O)CN(c1ccccc1F)S(C)(=O)=O. The lowest BCUT2D eigenvalue weighted by atomic mass is 10.1. The Hall–Kier alpha value is -2.65. The van der Waals surface area contributed by atoms with Crippen LogP contribution in [0.3, 0.4) is 0 Å². The van der Waals surface area contributed by atoms with Gasteiger partial charge in [0, 0.05) is 18.1 Å². The summed E-state index contributed by atoms with van der Waals surface area (Å²) >= 11 is 6.30. The van der Waals surface area contributed by atoms with E-state index >= 15 is 0 Å². The lowest BCUT2D eigenvalue weighted by Crippen LogP contribution is -2.52. The van der Waals surface area contributed by atoms with Gasteiger partial charge in [-0.1, -0.05) is 62.7 Å². The van der Waals surface area contributed by atoms with Crippen molar-refractivity contribution in [2.24, 2.45) is 5.92 Å². The van der Waals surface area contributed by atoms with Crippen LogP contribution in [-0.2, 0) is 26.2 Å². The molecule has 0 saturated carbocycles. The van der Waals surface area contributed by atoms with Crippen molar-refractivity contribution >= 4 is 39.1 Å². The lowest BCUT2D eigenvalue weighted by Gasteiger charge is -2.33. The van der Waals surface area contributed by atoms with Crippen molar-refractivity contribution in [1.82, 2.24) is 10.2 Å². The Bertz CT molecular complexity index is 1110. The number of amides is 2. The van der Waals surface area contributed by atoms with Crippen LogP contribution in [-0.4, -0.2) is 50.5 Å². The van der Waals surface area contributed by atoms with E-state index in [1.165, 1.54) is 23.1 Å². The molecule has 0 aliphatic rings. The number of nitrogens with zero attached hydrogens (tertiary/aromatic N) is 2. The zero-order chi connectivity index (χ0) is 25.5. The highest BCUT2D eigenvalue weighted by molar-refractivity contribution is 7.92. The van der Waals surface area contributed by atoms with Gasteiger partial charge in [0.2, 0.25) is 21.8 Å². The third-order valence-electron chi connectivity index (χ3n) is 5.17. The van der Waals surface area contributed by atoms with Gasteiger partial charge in [-0.25, -0.2) is 12.8 Å². The smallest absolute Gasteiger partial charge is 0.244 e. The van der Waals surface area contributed by atoms with Crippen molar-refractivity contribution in [2.45, 2.75) is 39.8 Å². The van der Waals surface area contributed by atoms with Crippen molar-refractivity contribution < 1.29 is 22.4 Å². The molecule has 34 heavy (non-hydrogen) atoms. The molecule has 0 saturated heterocycles. The second-order valence-corrected chi connectivity index (χ2v) is 10.7. The van der Waals surface area contributed by atoms with E-state index in [1.807, 2.05) is 13.8 Å². The molecule has 2 amide bonds. The number of carbonyl (C=O) groups is 2. The van der Waals surface area contributed by atoms with Crippen LogP contribution < -0.4 is 9.62 Å². The number of anilines is 1. The molecule has 10 heteroatoms. The molecule has 0 radical (unpaired) electrons. The van der Waals surface area contributed by atoms with Crippen LogP contribution >= 0.6 is 11.6 Å². The first-order valence-corrected chi connectivity index (χ1v) is 13.2. The number of hydrogen-bond donors (Lipinski definition) is 1. The number of para-hydroxylation sites is 1. The summed E-state index contributed by atoms with van der Waals surface area (Å²) in [5, 5.41) is 3.24. The molecule has 0 fully saturated rings. The van der Waals surface area contributed by atoms with Gasteiger partial charge in [0.1, 0.15) is 18.4 Å². The molecule has 2 aromatic carbocycles. The highest BCUT2D eigenvalue weighted by Crippen LogP contribution is 2.24. The summed E-state index contributed by atoms with van der Waals surface area (Å²) in [6, 6.07) is 11.3. The van der Waals surface area contributed by atoms with Crippen LogP contribution in [0.5, 0.6) is 0 Å². The van der Waals surface area contributed by atoms with Gasteiger partial charge in [0.05, 0.1) is 11.9 Å². The van der Waals surface area contributed by atoms with Crippen molar-refractivity contribution in [3.63, 3.8) is 0 Å². The van der Waals surface area contributed by atoms with Crippen LogP contribution in [0.1, 0.15) is 32.8 Å². The summed E-state index contributed by atoms with van der Waals surface area (Å²) in [6.07, 6.45) is 1.19. The zero-order valence-corrected chi connectivity index (χ0v) is 21.4. The maximum Gasteiger partial charge on any atom is 0.244 e. The molecule has 2 aromatic rings. The van der Waals surface area contributed by atoms with Crippen molar-refractivity contribution in [1.29, 1.82) is 0 Å². The molecule has 0 unspecified atom stereocenters. The zero-order valence-electron chi connectivity index (χ0n) is 19.8. The van der Waals surface area contributed by atoms with Crippen LogP contribution in [0.25, 0.3) is 0 Å². The Kier molecular flexibility index (Phi) is 9.88. The van der Waals surface area contributed by atoms with Gasteiger partial charge in [-0.05, 0) is 36.1 Å².